The van der Waals surface area contributed by atoms with Crippen LogP contribution in [-0.4, -0.2) is 22.6 Å². The summed E-state index contributed by atoms with van der Waals surface area (Å²) in [5.41, 5.74) is 2.83. The van der Waals surface area contributed by atoms with E-state index in [4.69, 9.17) is 0 Å². The first-order valence-corrected chi connectivity index (χ1v) is 6.51. The lowest BCUT2D eigenvalue weighted by Crippen LogP contribution is -2.24. The average Bonchev–Trinajstić information content (AvgIpc) is 2.68. The van der Waals surface area contributed by atoms with Gasteiger partial charge in [-0.1, -0.05) is 13.8 Å². The van der Waals surface area contributed by atoms with E-state index in [9.17, 15) is 0 Å². The van der Waals surface area contributed by atoms with E-state index in [0.29, 0.717) is 0 Å². The highest BCUT2D eigenvalue weighted by molar-refractivity contribution is 5.16. The van der Waals surface area contributed by atoms with E-state index in [1.807, 2.05) is 6.33 Å². The molecule has 0 radical (unpaired) electrons. The molecule has 0 atom stereocenters. The second kappa shape index (κ2) is 5.48. The van der Waals surface area contributed by atoms with E-state index in [1.165, 1.54) is 37.1 Å². The molecule has 0 spiro atoms. The van der Waals surface area contributed by atoms with Gasteiger partial charge in [0, 0.05) is 18.8 Å². The summed E-state index contributed by atoms with van der Waals surface area (Å²) in [4.78, 5) is 4.51. The first-order chi connectivity index (χ1) is 7.77. The minimum absolute atomic E-state index is 0.733. The van der Waals surface area contributed by atoms with Crippen LogP contribution in [0.5, 0.6) is 0 Å². The van der Waals surface area contributed by atoms with Gasteiger partial charge in [-0.15, -0.1) is 0 Å². The third-order valence-corrected chi connectivity index (χ3v) is 3.19. The van der Waals surface area contributed by atoms with Crippen LogP contribution < -0.4 is 5.32 Å². The van der Waals surface area contributed by atoms with Gasteiger partial charge in [-0.05, 0) is 38.1 Å². The van der Waals surface area contributed by atoms with E-state index >= 15 is 0 Å². The number of imidazole rings is 1. The van der Waals surface area contributed by atoms with E-state index in [2.05, 4.69) is 28.7 Å². The predicted molar refractivity (Wildman–Crippen MR) is 66.6 cm³/mol. The van der Waals surface area contributed by atoms with Crippen molar-refractivity contribution in [1.29, 1.82) is 0 Å². The van der Waals surface area contributed by atoms with Crippen molar-refractivity contribution in [2.75, 3.05) is 13.1 Å². The van der Waals surface area contributed by atoms with Crippen LogP contribution in [0.3, 0.4) is 0 Å². The fourth-order valence-electron chi connectivity index (χ4n) is 2.31. The summed E-state index contributed by atoms with van der Waals surface area (Å²) in [5, 5.41) is 3.48. The maximum Gasteiger partial charge on any atom is 0.0952 e. The Kier molecular flexibility index (Phi) is 3.99. The van der Waals surface area contributed by atoms with Crippen molar-refractivity contribution in [2.24, 2.45) is 5.92 Å². The van der Waals surface area contributed by atoms with Crippen molar-refractivity contribution in [3.63, 3.8) is 0 Å². The molecule has 1 heterocycles. The Balaban J connectivity index is 1.83. The standard InChI is InChI=1S/C13H23N3/c1-11(2)9-14-7-8-16-10-15-12-5-3-4-6-13(12)16/h10-11,14H,3-9H2,1-2H3. The SMILES string of the molecule is CC(C)CNCCn1cnc2c1CCCC2. The second-order valence-electron chi connectivity index (χ2n) is 5.14. The molecule has 0 bridgehead atoms. The quantitative estimate of drug-likeness (QED) is 0.771. The highest BCUT2D eigenvalue weighted by Crippen LogP contribution is 2.19. The smallest absolute Gasteiger partial charge is 0.0952 e. The number of rotatable bonds is 5. The molecule has 1 aliphatic carbocycles. The summed E-state index contributed by atoms with van der Waals surface area (Å²) in [6.07, 6.45) is 7.07. The fourth-order valence-corrected chi connectivity index (χ4v) is 2.31. The lowest BCUT2D eigenvalue weighted by atomic mass is 10.0. The van der Waals surface area contributed by atoms with Gasteiger partial charge < -0.3 is 9.88 Å². The van der Waals surface area contributed by atoms with Gasteiger partial charge in [0.1, 0.15) is 0 Å². The van der Waals surface area contributed by atoms with Crippen molar-refractivity contribution in [3.05, 3.63) is 17.7 Å². The molecule has 3 nitrogen and oxygen atoms in total. The van der Waals surface area contributed by atoms with Crippen LogP contribution in [0, 0.1) is 5.92 Å². The van der Waals surface area contributed by atoms with Crippen molar-refractivity contribution >= 4 is 0 Å². The van der Waals surface area contributed by atoms with Crippen LogP contribution in [0.15, 0.2) is 6.33 Å². The zero-order valence-electron chi connectivity index (χ0n) is 10.5. The van der Waals surface area contributed by atoms with Gasteiger partial charge in [0.05, 0.1) is 12.0 Å². The van der Waals surface area contributed by atoms with Gasteiger partial charge in [-0.3, -0.25) is 0 Å². The van der Waals surface area contributed by atoms with Crippen LogP contribution in [-0.2, 0) is 19.4 Å². The molecule has 16 heavy (non-hydrogen) atoms. The average molecular weight is 221 g/mol. The number of hydrogen-bond acceptors (Lipinski definition) is 2. The lowest BCUT2D eigenvalue weighted by molar-refractivity contribution is 0.514. The van der Waals surface area contributed by atoms with Gasteiger partial charge in [0.2, 0.25) is 0 Å². The third-order valence-electron chi connectivity index (χ3n) is 3.19. The molecule has 0 amide bonds. The number of hydrogen-bond donors (Lipinski definition) is 1. The second-order valence-corrected chi connectivity index (χ2v) is 5.14. The summed E-state index contributed by atoms with van der Waals surface area (Å²) in [5.74, 6) is 0.733. The molecule has 0 aliphatic heterocycles. The van der Waals surface area contributed by atoms with Crippen molar-refractivity contribution in [1.82, 2.24) is 14.9 Å². The normalized spacial score (nSPS) is 15.4. The molecule has 1 aromatic rings. The maximum absolute atomic E-state index is 4.51. The molecule has 0 fully saturated rings. The minimum Gasteiger partial charge on any atom is -0.333 e. The fraction of sp³-hybridized carbons (Fsp3) is 0.769. The summed E-state index contributed by atoms with van der Waals surface area (Å²) in [6, 6.07) is 0. The Morgan fingerprint density at radius 1 is 1.38 bits per heavy atom. The lowest BCUT2D eigenvalue weighted by Gasteiger charge is -2.14. The zero-order valence-corrected chi connectivity index (χ0v) is 10.5. The predicted octanol–water partition coefficient (Wildman–Crippen LogP) is 2.01. The van der Waals surface area contributed by atoms with Crippen LogP contribution in [0.2, 0.25) is 0 Å². The molecular formula is C13H23N3. The minimum atomic E-state index is 0.733. The summed E-state index contributed by atoms with van der Waals surface area (Å²) in [7, 11) is 0. The van der Waals surface area contributed by atoms with Gasteiger partial charge in [0.25, 0.3) is 0 Å². The molecule has 90 valence electrons. The molecule has 0 saturated carbocycles. The van der Waals surface area contributed by atoms with Crippen molar-refractivity contribution in [2.45, 2.75) is 46.1 Å². The molecular weight excluding hydrogens is 198 g/mol. The van der Waals surface area contributed by atoms with Crippen molar-refractivity contribution < 1.29 is 0 Å². The van der Waals surface area contributed by atoms with Gasteiger partial charge >= 0.3 is 0 Å². The molecule has 1 aromatic heterocycles. The Labute approximate surface area is 98.3 Å². The monoisotopic (exact) mass is 221 g/mol. The molecule has 3 heteroatoms. The number of nitrogens with zero attached hydrogens (tertiary/aromatic N) is 2. The Bertz CT molecular complexity index is 328. The molecule has 1 N–H and O–H groups in total. The van der Waals surface area contributed by atoms with Gasteiger partial charge in [0.15, 0.2) is 0 Å². The van der Waals surface area contributed by atoms with E-state index < -0.39 is 0 Å². The zero-order chi connectivity index (χ0) is 11.4. The van der Waals surface area contributed by atoms with Crippen LogP contribution in [0.4, 0.5) is 0 Å². The number of nitrogens with one attached hydrogen (secondary N) is 1. The molecule has 1 aliphatic rings. The number of aromatic nitrogens is 2. The Morgan fingerprint density at radius 2 is 2.19 bits per heavy atom. The topological polar surface area (TPSA) is 29.9 Å². The Hall–Kier alpha value is -0.830. The number of fused-ring (bicyclic) bond motifs is 1. The first-order valence-electron chi connectivity index (χ1n) is 6.51. The molecule has 0 unspecified atom stereocenters. The highest BCUT2D eigenvalue weighted by atomic mass is 15.1. The van der Waals surface area contributed by atoms with Crippen LogP contribution in [0.25, 0.3) is 0 Å². The van der Waals surface area contributed by atoms with E-state index in [1.54, 1.807) is 0 Å². The maximum atomic E-state index is 4.51. The van der Waals surface area contributed by atoms with E-state index in [0.717, 1.165) is 25.6 Å². The van der Waals surface area contributed by atoms with Gasteiger partial charge in [-0.25, -0.2) is 4.98 Å². The van der Waals surface area contributed by atoms with E-state index in [-0.39, 0.29) is 0 Å². The van der Waals surface area contributed by atoms with Gasteiger partial charge in [-0.2, -0.15) is 0 Å². The summed E-state index contributed by atoms with van der Waals surface area (Å²) >= 11 is 0. The van der Waals surface area contributed by atoms with Crippen LogP contribution in [0.1, 0.15) is 38.1 Å². The molecule has 0 saturated heterocycles. The summed E-state index contributed by atoms with van der Waals surface area (Å²) < 4.78 is 2.34. The largest absolute Gasteiger partial charge is 0.333 e. The Morgan fingerprint density at radius 3 is 3.00 bits per heavy atom. The molecule has 2 rings (SSSR count). The van der Waals surface area contributed by atoms with Crippen LogP contribution >= 0.6 is 0 Å². The summed E-state index contributed by atoms with van der Waals surface area (Å²) in [6.45, 7) is 7.71. The first kappa shape index (κ1) is 11.6. The van der Waals surface area contributed by atoms with Crippen molar-refractivity contribution in [3.8, 4) is 0 Å². The third kappa shape index (κ3) is 2.85. The molecule has 0 aromatic carbocycles. The number of aryl methyl sites for hydroxylation is 1. The highest BCUT2D eigenvalue weighted by Gasteiger charge is 2.14.